The zero-order valence-electron chi connectivity index (χ0n) is 10.9. The molecule has 0 bridgehead atoms. The summed E-state index contributed by atoms with van der Waals surface area (Å²) in [6.07, 6.45) is 0.960. The third kappa shape index (κ3) is 3.84. The summed E-state index contributed by atoms with van der Waals surface area (Å²) in [5.74, 6) is 0. The summed E-state index contributed by atoms with van der Waals surface area (Å²) < 4.78 is 1.12. The zero-order chi connectivity index (χ0) is 14.0. The molecule has 0 saturated heterocycles. The standard InChI is InChI=1S/C16H15Br2Cl/c1-10-7-16(19)11(2)6-14(10)15(18)9-12-4-3-5-13(17)8-12/h3-8,15H,9H2,1-2H3. The van der Waals surface area contributed by atoms with Crippen molar-refractivity contribution in [3.05, 3.63) is 68.1 Å². The van der Waals surface area contributed by atoms with Crippen LogP contribution in [0.1, 0.15) is 27.1 Å². The molecule has 3 heteroatoms. The maximum Gasteiger partial charge on any atom is 0.0438 e. The van der Waals surface area contributed by atoms with E-state index in [9.17, 15) is 0 Å². The minimum absolute atomic E-state index is 0.303. The highest BCUT2D eigenvalue weighted by Gasteiger charge is 2.13. The molecule has 0 aliphatic carbocycles. The first kappa shape index (κ1) is 15.1. The Bertz CT molecular complexity index is 593. The van der Waals surface area contributed by atoms with Gasteiger partial charge < -0.3 is 0 Å². The quantitative estimate of drug-likeness (QED) is 0.521. The van der Waals surface area contributed by atoms with Gasteiger partial charge in [0.25, 0.3) is 0 Å². The lowest BCUT2D eigenvalue weighted by Crippen LogP contribution is -1.99. The number of benzene rings is 2. The molecule has 1 atom stereocenters. The van der Waals surface area contributed by atoms with Gasteiger partial charge in [-0.1, -0.05) is 61.7 Å². The molecule has 100 valence electrons. The predicted octanol–water partition coefficient (Wildman–Crippen LogP) is 6.40. The van der Waals surface area contributed by atoms with Gasteiger partial charge in [-0.05, 0) is 60.7 Å². The maximum absolute atomic E-state index is 6.15. The van der Waals surface area contributed by atoms with E-state index in [0.717, 1.165) is 21.5 Å². The Balaban J connectivity index is 2.25. The maximum atomic E-state index is 6.15. The highest BCUT2D eigenvalue weighted by molar-refractivity contribution is 9.10. The normalized spacial score (nSPS) is 12.5. The van der Waals surface area contributed by atoms with Gasteiger partial charge >= 0.3 is 0 Å². The van der Waals surface area contributed by atoms with Crippen molar-refractivity contribution in [2.75, 3.05) is 0 Å². The highest BCUT2D eigenvalue weighted by atomic mass is 79.9. The molecule has 0 fully saturated rings. The first-order valence-electron chi connectivity index (χ1n) is 6.12. The largest absolute Gasteiger partial charge is 0.0840 e. The number of alkyl halides is 1. The third-order valence-electron chi connectivity index (χ3n) is 3.19. The second kappa shape index (κ2) is 6.43. The molecule has 0 spiro atoms. The van der Waals surface area contributed by atoms with Gasteiger partial charge in [0.05, 0.1) is 0 Å². The molecule has 0 N–H and O–H groups in total. The van der Waals surface area contributed by atoms with Crippen LogP contribution < -0.4 is 0 Å². The topological polar surface area (TPSA) is 0 Å². The van der Waals surface area contributed by atoms with Gasteiger partial charge in [-0.25, -0.2) is 0 Å². The van der Waals surface area contributed by atoms with Crippen molar-refractivity contribution >= 4 is 43.5 Å². The molecule has 0 nitrogen and oxygen atoms in total. The van der Waals surface area contributed by atoms with Crippen LogP contribution in [0.3, 0.4) is 0 Å². The second-order valence-electron chi connectivity index (χ2n) is 4.76. The first-order valence-corrected chi connectivity index (χ1v) is 8.21. The monoisotopic (exact) mass is 400 g/mol. The van der Waals surface area contributed by atoms with E-state index in [1.807, 2.05) is 19.1 Å². The minimum Gasteiger partial charge on any atom is -0.0840 e. The molecule has 0 aliphatic heterocycles. The van der Waals surface area contributed by atoms with Gasteiger partial charge in [-0.2, -0.15) is 0 Å². The summed E-state index contributed by atoms with van der Waals surface area (Å²) in [5.41, 5.74) is 4.97. The van der Waals surface area contributed by atoms with Crippen LogP contribution in [0, 0.1) is 13.8 Å². The first-order chi connectivity index (χ1) is 8.97. The lowest BCUT2D eigenvalue weighted by atomic mass is 9.98. The molecule has 0 amide bonds. The number of aryl methyl sites for hydroxylation is 2. The summed E-state index contributed by atoms with van der Waals surface area (Å²) in [6, 6.07) is 12.6. The van der Waals surface area contributed by atoms with E-state index in [1.165, 1.54) is 16.7 Å². The molecule has 0 radical (unpaired) electrons. The van der Waals surface area contributed by atoms with Crippen LogP contribution >= 0.6 is 43.5 Å². The lowest BCUT2D eigenvalue weighted by molar-refractivity contribution is 0.935. The minimum atomic E-state index is 0.303. The van der Waals surface area contributed by atoms with Crippen molar-refractivity contribution < 1.29 is 0 Å². The Morgan fingerprint density at radius 2 is 1.84 bits per heavy atom. The van der Waals surface area contributed by atoms with Crippen molar-refractivity contribution in [3.8, 4) is 0 Å². The van der Waals surface area contributed by atoms with Gasteiger partial charge in [-0.3, -0.25) is 0 Å². The Kier molecular flexibility index (Phi) is 5.10. The summed E-state index contributed by atoms with van der Waals surface area (Å²) in [7, 11) is 0. The zero-order valence-corrected chi connectivity index (χ0v) is 14.8. The number of halogens is 3. The Morgan fingerprint density at radius 3 is 2.53 bits per heavy atom. The van der Waals surface area contributed by atoms with Crippen LogP contribution in [-0.4, -0.2) is 0 Å². The van der Waals surface area contributed by atoms with Gasteiger partial charge in [0.15, 0.2) is 0 Å². The Hall–Kier alpha value is -0.310. The Labute approximate surface area is 136 Å². The highest BCUT2D eigenvalue weighted by Crippen LogP contribution is 2.33. The van der Waals surface area contributed by atoms with E-state index in [0.29, 0.717) is 4.83 Å². The summed E-state index contributed by atoms with van der Waals surface area (Å²) >= 11 is 13.5. The average Bonchev–Trinajstić information content (AvgIpc) is 2.33. The Morgan fingerprint density at radius 1 is 1.11 bits per heavy atom. The van der Waals surface area contributed by atoms with Crippen LogP contribution in [0.25, 0.3) is 0 Å². The smallest absolute Gasteiger partial charge is 0.0438 e. The van der Waals surface area contributed by atoms with E-state index < -0.39 is 0 Å². The van der Waals surface area contributed by atoms with Crippen LogP contribution in [0.4, 0.5) is 0 Å². The van der Waals surface area contributed by atoms with Crippen LogP contribution in [0.15, 0.2) is 40.9 Å². The third-order valence-corrected chi connectivity index (χ3v) is 4.91. The van der Waals surface area contributed by atoms with Crippen molar-refractivity contribution in [1.82, 2.24) is 0 Å². The molecule has 19 heavy (non-hydrogen) atoms. The van der Waals surface area contributed by atoms with Gasteiger partial charge in [0, 0.05) is 14.3 Å². The second-order valence-corrected chi connectivity index (χ2v) is 7.19. The molecule has 0 heterocycles. The van der Waals surface area contributed by atoms with E-state index >= 15 is 0 Å². The number of hydrogen-bond acceptors (Lipinski definition) is 0. The fraction of sp³-hybridized carbons (Fsp3) is 0.250. The molecule has 1 unspecified atom stereocenters. The molecule has 2 rings (SSSR count). The van der Waals surface area contributed by atoms with E-state index in [1.54, 1.807) is 0 Å². The van der Waals surface area contributed by atoms with Crippen LogP contribution in [0.2, 0.25) is 5.02 Å². The molecular formula is C16H15Br2Cl. The number of hydrogen-bond donors (Lipinski definition) is 0. The number of rotatable bonds is 3. The van der Waals surface area contributed by atoms with E-state index in [4.69, 9.17) is 11.6 Å². The van der Waals surface area contributed by atoms with Gasteiger partial charge in [-0.15, -0.1) is 0 Å². The average molecular weight is 403 g/mol. The van der Waals surface area contributed by atoms with Gasteiger partial charge in [0.1, 0.15) is 0 Å². The van der Waals surface area contributed by atoms with Crippen molar-refractivity contribution in [2.24, 2.45) is 0 Å². The van der Waals surface area contributed by atoms with Crippen LogP contribution in [-0.2, 0) is 6.42 Å². The van der Waals surface area contributed by atoms with Gasteiger partial charge in [0.2, 0.25) is 0 Å². The van der Waals surface area contributed by atoms with E-state index in [2.05, 4.69) is 63.0 Å². The van der Waals surface area contributed by atoms with E-state index in [-0.39, 0.29) is 0 Å². The fourth-order valence-corrected chi connectivity index (χ4v) is 3.65. The summed E-state index contributed by atoms with van der Waals surface area (Å²) in [6.45, 7) is 4.15. The molecular weight excluding hydrogens is 387 g/mol. The molecule has 0 saturated carbocycles. The summed E-state index contributed by atoms with van der Waals surface area (Å²) in [4.78, 5) is 0.303. The SMILES string of the molecule is Cc1cc(C(Br)Cc2cccc(Br)c2)c(C)cc1Cl. The molecule has 0 aromatic heterocycles. The predicted molar refractivity (Wildman–Crippen MR) is 90.4 cm³/mol. The molecule has 0 aliphatic rings. The molecule has 2 aromatic carbocycles. The van der Waals surface area contributed by atoms with Crippen molar-refractivity contribution in [1.29, 1.82) is 0 Å². The van der Waals surface area contributed by atoms with Crippen molar-refractivity contribution in [2.45, 2.75) is 25.1 Å². The fourth-order valence-electron chi connectivity index (χ4n) is 2.12. The van der Waals surface area contributed by atoms with Crippen molar-refractivity contribution in [3.63, 3.8) is 0 Å². The lowest BCUT2D eigenvalue weighted by Gasteiger charge is -2.15. The summed E-state index contributed by atoms with van der Waals surface area (Å²) in [5, 5.41) is 0.836. The van der Waals surface area contributed by atoms with Crippen LogP contribution in [0.5, 0.6) is 0 Å². The molecule has 2 aromatic rings.